The molecule has 4 unspecified atom stereocenters. The van der Waals surface area contributed by atoms with Crippen molar-refractivity contribution in [2.45, 2.75) is 98.9 Å². The maximum Gasteiger partial charge on any atom is 0.325 e. The van der Waals surface area contributed by atoms with Gasteiger partial charge in [0.05, 0.1) is 6.04 Å². The summed E-state index contributed by atoms with van der Waals surface area (Å²) in [7, 11) is 0. The molecule has 0 aromatic heterocycles. The summed E-state index contributed by atoms with van der Waals surface area (Å²) in [5.41, 5.74) is 5.28. The molecule has 1 saturated heterocycles. The molecular formula is C33H51N5O7. The molecule has 2 aliphatic rings. The zero-order chi connectivity index (χ0) is 33.9. The van der Waals surface area contributed by atoms with Gasteiger partial charge in [0.15, 0.2) is 0 Å². The Morgan fingerprint density at radius 1 is 1.00 bits per heavy atom. The van der Waals surface area contributed by atoms with Crippen LogP contribution >= 0.6 is 0 Å². The summed E-state index contributed by atoms with van der Waals surface area (Å²) in [5.74, 6) is -3.70. The molecule has 5 atom stereocenters. The Kier molecular flexibility index (Phi) is 14.0. The number of carbonyl (C=O) groups excluding carboxylic acids is 6. The van der Waals surface area contributed by atoms with E-state index >= 15 is 0 Å². The maximum atomic E-state index is 13.9. The highest BCUT2D eigenvalue weighted by molar-refractivity contribution is 6.37. The summed E-state index contributed by atoms with van der Waals surface area (Å²) in [6.45, 7) is 13.3. The van der Waals surface area contributed by atoms with E-state index in [1.807, 2.05) is 44.2 Å². The predicted molar refractivity (Wildman–Crippen MR) is 169 cm³/mol. The minimum Gasteiger partial charge on any atom is -0.460 e. The number of nitrogens with zero attached hydrogens (tertiary/aromatic N) is 1. The highest BCUT2D eigenvalue weighted by Gasteiger charge is 2.48. The van der Waals surface area contributed by atoms with Crippen molar-refractivity contribution in [3.05, 3.63) is 35.9 Å². The van der Waals surface area contributed by atoms with Crippen molar-refractivity contribution in [1.82, 2.24) is 20.9 Å². The molecule has 0 spiro atoms. The van der Waals surface area contributed by atoms with E-state index in [4.69, 9.17) is 10.5 Å². The number of nitrogens with two attached hydrogens (primary N) is 1. The van der Waals surface area contributed by atoms with Crippen molar-refractivity contribution in [1.29, 1.82) is 0 Å². The summed E-state index contributed by atoms with van der Waals surface area (Å²) in [6, 6.07) is 5.36. The van der Waals surface area contributed by atoms with Crippen LogP contribution in [0.15, 0.2) is 30.3 Å². The van der Waals surface area contributed by atoms with Crippen molar-refractivity contribution in [2.24, 2.45) is 28.9 Å². The van der Waals surface area contributed by atoms with Crippen molar-refractivity contribution in [3.8, 4) is 0 Å². The van der Waals surface area contributed by atoms with E-state index < -0.39 is 65.6 Å². The number of hydrogen-bond acceptors (Lipinski definition) is 7. The summed E-state index contributed by atoms with van der Waals surface area (Å²) >= 11 is 0. The van der Waals surface area contributed by atoms with Gasteiger partial charge in [-0.25, -0.2) is 4.79 Å². The molecule has 1 heterocycles. The lowest BCUT2D eigenvalue weighted by atomic mass is 9.85. The van der Waals surface area contributed by atoms with Crippen LogP contribution < -0.4 is 21.7 Å². The van der Waals surface area contributed by atoms with E-state index in [-0.39, 0.29) is 30.9 Å². The molecule has 0 radical (unpaired) electrons. The number of amides is 5. The fourth-order valence-corrected chi connectivity index (χ4v) is 5.08. The minimum atomic E-state index is -1.12. The highest BCUT2D eigenvalue weighted by atomic mass is 16.5. The summed E-state index contributed by atoms with van der Waals surface area (Å²) in [4.78, 5) is 77.9. The smallest absolute Gasteiger partial charge is 0.325 e. The van der Waals surface area contributed by atoms with Gasteiger partial charge in [-0.05, 0) is 35.2 Å². The Morgan fingerprint density at radius 3 is 2.13 bits per heavy atom. The molecule has 0 bridgehead atoms. The van der Waals surface area contributed by atoms with Gasteiger partial charge >= 0.3 is 12.0 Å². The van der Waals surface area contributed by atoms with Crippen molar-refractivity contribution in [3.63, 3.8) is 0 Å². The normalized spacial score (nSPS) is 20.5. The number of carbonyl (C=O) groups is 6. The largest absolute Gasteiger partial charge is 0.460 e. The zero-order valence-electron chi connectivity index (χ0n) is 27.7. The van der Waals surface area contributed by atoms with Gasteiger partial charge < -0.3 is 31.3 Å². The number of hydrogen-bond donors (Lipinski definition) is 4. The van der Waals surface area contributed by atoms with E-state index in [0.717, 1.165) is 18.4 Å². The van der Waals surface area contributed by atoms with E-state index in [1.54, 1.807) is 20.8 Å². The predicted octanol–water partition coefficient (Wildman–Crippen LogP) is 2.68. The van der Waals surface area contributed by atoms with Gasteiger partial charge in [0, 0.05) is 6.54 Å². The van der Waals surface area contributed by atoms with E-state index in [2.05, 4.69) is 29.8 Å². The van der Waals surface area contributed by atoms with Crippen molar-refractivity contribution in [2.75, 3.05) is 13.1 Å². The summed E-state index contributed by atoms with van der Waals surface area (Å²) in [5, 5.41) is 7.79. The second-order valence-corrected chi connectivity index (χ2v) is 13.2. The number of esters is 1. The van der Waals surface area contributed by atoms with Gasteiger partial charge in [-0.1, -0.05) is 98.1 Å². The van der Waals surface area contributed by atoms with Crippen LogP contribution in [-0.4, -0.2) is 71.6 Å². The van der Waals surface area contributed by atoms with Crippen LogP contribution in [-0.2, 0) is 35.3 Å². The maximum absolute atomic E-state index is 13.9. The lowest BCUT2D eigenvalue weighted by Gasteiger charge is -2.36. The van der Waals surface area contributed by atoms with Gasteiger partial charge in [0.2, 0.25) is 17.6 Å². The Hall–Kier alpha value is -3.96. The third-order valence-corrected chi connectivity index (χ3v) is 7.93. The monoisotopic (exact) mass is 629 g/mol. The van der Waals surface area contributed by atoms with Crippen LogP contribution in [0.2, 0.25) is 0 Å². The Bertz CT molecular complexity index is 1200. The fraction of sp³-hybridized carbons (Fsp3) is 0.636. The number of benzene rings is 1. The first-order chi connectivity index (χ1) is 21.1. The Labute approximate surface area is 266 Å². The van der Waals surface area contributed by atoms with Crippen molar-refractivity contribution < 1.29 is 33.5 Å². The third kappa shape index (κ3) is 11.5. The number of Topliss-reactive ketones (excluding diaryl/α,β-unsaturated/α-hetero) is 1. The van der Waals surface area contributed by atoms with Gasteiger partial charge in [0.25, 0.3) is 5.91 Å². The molecule has 1 saturated carbocycles. The second kappa shape index (κ2) is 16.9. The molecule has 5 N–H and O–H groups in total. The first-order valence-electron chi connectivity index (χ1n) is 15.8. The van der Waals surface area contributed by atoms with Gasteiger partial charge in [-0.3, -0.25) is 24.0 Å². The lowest BCUT2D eigenvalue weighted by Crippen LogP contribution is -2.60. The number of likely N-dealkylation sites (tertiary alicyclic amines) is 1. The molecule has 1 aliphatic carbocycles. The molecule has 1 aliphatic heterocycles. The van der Waals surface area contributed by atoms with Crippen LogP contribution in [0.1, 0.15) is 79.7 Å². The highest BCUT2D eigenvalue weighted by Crippen LogP contribution is 2.35. The van der Waals surface area contributed by atoms with E-state index in [1.165, 1.54) is 11.3 Å². The quantitative estimate of drug-likeness (QED) is 0.203. The third-order valence-electron chi connectivity index (χ3n) is 7.93. The molecule has 1 aromatic carbocycles. The summed E-state index contributed by atoms with van der Waals surface area (Å²) < 4.78 is 5.18. The minimum absolute atomic E-state index is 0.0488. The molecule has 2 fully saturated rings. The number of ketones is 1. The lowest BCUT2D eigenvalue weighted by molar-refractivity contribution is -0.144. The fourth-order valence-electron chi connectivity index (χ4n) is 5.08. The van der Waals surface area contributed by atoms with Gasteiger partial charge in [-0.15, -0.1) is 0 Å². The van der Waals surface area contributed by atoms with Crippen LogP contribution in [0, 0.1) is 23.2 Å². The Balaban J connectivity index is 0.00000226. The molecule has 250 valence electrons. The number of urea groups is 1. The molecule has 5 amide bonds. The molecular weight excluding hydrogens is 578 g/mol. The molecule has 1 aromatic rings. The zero-order valence-corrected chi connectivity index (χ0v) is 27.7. The van der Waals surface area contributed by atoms with E-state index in [0.29, 0.717) is 6.42 Å². The van der Waals surface area contributed by atoms with Gasteiger partial charge in [0.1, 0.15) is 25.2 Å². The second-order valence-electron chi connectivity index (χ2n) is 13.2. The van der Waals surface area contributed by atoms with Crippen LogP contribution in [0.5, 0.6) is 0 Å². The number of rotatable bonds is 12. The first-order valence-corrected chi connectivity index (χ1v) is 15.8. The van der Waals surface area contributed by atoms with Crippen LogP contribution in [0.3, 0.4) is 0 Å². The van der Waals surface area contributed by atoms with Crippen LogP contribution in [0.25, 0.3) is 0 Å². The number of nitrogens with one attached hydrogen (secondary N) is 3. The number of ether oxygens (including phenoxy) is 1. The molecule has 12 heteroatoms. The topological polar surface area (TPSA) is 177 Å². The average molecular weight is 630 g/mol. The molecule has 45 heavy (non-hydrogen) atoms. The SMILES string of the molecule is CC1C(C(=O)NC(CC2CC2)C(=O)C(N)=O)N(C(=O)C(NC(=O)NCC(=O)OCc2ccccc2)C(C)(C)C)C[C@@H]1C.CCC. The van der Waals surface area contributed by atoms with Gasteiger partial charge in [-0.2, -0.15) is 0 Å². The molecule has 3 rings (SSSR count). The standard InChI is InChI=1S/C30H43N5O7.C3H8/c1-17-15-35(23(18(17)2)27(39)33-21(13-19-11-12-19)24(37)26(31)38)28(40)25(30(3,4)5)34-29(41)32-14-22(36)42-16-20-9-7-6-8-10-20;1-3-2/h6-10,17-19,21,23,25H,11-16H2,1-5H3,(H2,31,38)(H,33,39)(H2,32,34,41);3H2,1-2H3/t17-,18?,21?,23?,25?;/m0./s1. The first kappa shape index (κ1) is 37.2. The average Bonchev–Trinajstić information content (AvgIpc) is 3.75. The Morgan fingerprint density at radius 2 is 1.60 bits per heavy atom. The van der Waals surface area contributed by atoms with Crippen LogP contribution in [0.4, 0.5) is 4.79 Å². The van der Waals surface area contributed by atoms with Crippen molar-refractivity contribution >= 4 is 35.5 Å². The molecule has 12 nitrogen and oxygen atoms in total. The summed E-state index contributed by atoms with van der Waals surface area (Å²) in [6.07, 6.45) is 3.38. The number of primary amides is 1. The van der Waals surface area contributed by atoms with E-state index in [9.17, 15) is 28.8 Å².